The Morgan fingerprint density at radius 3 is 1.53 bits per heavy atom. The third-order valence-electron chi connectivity index (χ3n) is 5.22. The Balaban J connectivity index is 1.84. The van der Waals surface area contributed by atoms with Crippen LogP contribution in [0.15, 0.2) is 77.3 Å². The molecule has 0 aromatic heterocycles. The van der Waals surface area contributed by atoms with Crippen molar-refractivity contribution in [3.05, 3.63) is 105 Å². The first-order chi connectivity index (χ1) is 18.0. The van der Waals surface area contributed by atoms with Crippen LogP contribution in [0.3, 0.4) is 0 Å². The number of amides is 2. The summed E-state index contributed by atoms with van der Waals surface area (Å²) in [7, 11) is 0. The number of esters is 2. The van der Waals surface area contributed by atoms with Crippen molar-refractivity contribution in [3.8, 4) is 0 Å². The highest BCUT2D eigenvalue weighted by molar-refractivity contribution is 9.10. The number of hydrogen-bond donors (Lipinski definition) is 3. The maximum atomic E-state index is 13.0. The standard InChI is InChI=1S/C27H23BrN2O8/c1-15-3-7-18(8-4-15)26(35)37-21(24(32)30-29-23(31)17-11-13-20(28)14-12-17)22(25(33)34)38-27(36)19-9-5-16(2)6-10-19/h3-14,21-22H,1-2H3,(H,29,31)(H,30,32)(H,33,34)/t21-,22+/m0/s1. The summed E-state index contributed by atoms with van der Waals surface area (Å²) < 4.78 is 11.0. The number of aliphatic carboxylic acids is 1. The molecule has 0 saturated heterocycles. The van der Waals surface area contributed by atoms with Crippen LogP contribution in [0.4, 0.5) is 0 Å². The summed E-state index contributed by atoms with van der Waals surface area (Å²) in [6.45, 7) is 3.59. The zero-order valence-corrected chi connectivity index (χ0v) is 21.9. The van der Waals surface area contributed by atoms with Crippen LogP contribution >= 0.6 is 15.9 Å². The molecule has 0 aliphatic carbocycles. The van der Waals surface area contributed by atoms with Crippen molar-refractivity contribution >= 4 is 45.7 Å². The predicted octanol–water partition coefficient (Wildman–Crippen LogP) is 3.36. The van der Waals surface area contributed by atoms with E-state index in [1.54, 1.807) is 50.2 Å². The largest absolute Gasteiger partial charge is 0.478 e. The first-order valence-corrected chi connectivity index (χ1v) is 12.0. The molecule has 0 unspecified atom stereocenters. The maximum Gasteiger partial charge on any atom is 0.349 e. The number of carbonyl (C=O) groups excluding carboxylic acids is 4. The van der Waals surface area contributed by atoms with E-state index in [0.717, 1.165) is 15.6 Å². The number of nitrogens with one attached hydrogen (secondary N) is 2. The number of carboxylic acids is 1. The van der Waals surface area contributed by atoms with E-state index >= 15 is 0 Å². The number of hydrogen-bond acceptors (Lipinski definition) is 7. The molecule has 0 heterocycles. The van der Waals surface area contributed by atoms with Crippen molar-refractivity contribution in [2.24, 2.45) is 0 Å². The van der Waals surface area contributed by atoms with Gasteiger partial charge in [-0.1, -0.05) is 51.3 Å². The molecule has 38 heavy (non-hydrogen) atoms. The first-order valence-electron chi connectivity index (χ1n) is 11.2. The Morgan fingerprint density at radius 2 is 1.08 bits per heavy atom. The van der Waals surface area contributed by atoms with Crippen molar-refractivity contribution in [1.29, 1.82) is 0 Å². The Kier molecular flexibility index (Phi) is 9.33. The second kappa shape index (κ2) is 12.6. The number of carbonyl (C=O) groups is 5. The zero-order valence-electron chi connectivity index (χ0n) is 20.3. The fourth-order valence-corrected chi connectivity index (χ4v) is 3.37. The van der Waals surface area contributed by atoms with Gasteiger partial charge in [0.05, 0.1) is 11.1 Å². The second-order valence-corrected chi connectivity index (χ2v) is 9.09. The monoisotopic (exact) mass is 582 g/mol. The molecule has 0 aliphatic rings. The van der Waals surface area contributed by atoms with Gasteiger partial charge in [0, 0.05) is 10.0 Å². The molecule has 3 N–H and O–H groups in total. The molecule has 2 amide bonds. The van der Waals surface area contributed by atoms with Crippen LogP contribution < -0.4 is 10.9 Å². The van der Waals surface area contributed by atoms with E-state index in [1.807, 2.05) is 5.43 Å². The van der Waals surface area contributed by atoms with Crippen molar-refractivity contribution in [2.75, 3.05) is 0 Å². The van der Waals surface area contributed by atoms with Crippen molar-refractivity contribution < 1.29 is 38.6 Å². The van der Waals surface area contributed by atoms with Gasteiger partial charge in [-0.2, -0.15) is 0 Å². The minimum atomic E-state index is -2.23. The normalized spacial score (nSPS) is 12.0. The fraction of sp³-hybridized carbons (Fsp3) is 0.148. The molecule has 0 bridgehead atoms. The summed E-state index contributed by atoms with van der Waals surface area (Å²) in [5.74, 6) is -5.80. The Labute approximate surface area is 226 Å². The lowest BCUT2D eigenvalue weighted by molar-refractivity contribution is -0.159. The number of halogens is 1. The lowest BCUT2D eigenvalue weighted by atomic mass is 10.1. The summed E-state index contributed by atoms with van der Waals surface area (Å²) in [4.78, 5) is 62.9. The molecule has 0 aliphatic heterocycles. The van der Waals surface area contributed by atoms with Crippen LogP contribution in [0, 0.1) is 13.8 Å². The highest BCUT2D eigenvalue weighted by atomic mass is 79.9. The molecule has 10 nitrogen and oxygen atoms in total. The van der Waals surface area contributed by atoms with E-state index in [0.29, 0.717) is 0 Å². The number of carboxylic acid groups (broad SMARTS) is 1. The van der Waals surface area contributed by atoms with E-state index in [-0.39, 0.29) is 16.7 Å². The highest BCUT2D eigenvalue weighted by Crippen LogP contribution is 2.15. The van der Waals surface area contributed by atoms with Crippen LogP contribution in [0.1, 0.15) is 42.2 Å². The molecule has 3 aromatic carbocycles. The third kappa shape index (κ3) is 7.50. The average Bonchev–Trinajstić information content (AvgIpc) is 2.89. The summed E-state index contributed by atoms with van der Waals surface area (Å²) in [5.41, 5.74) is 6.09. The van der Waals surface area contributed by atoms with Gasteiger partial charge in [-0.15, -0.1) is 0 Å². The molecule has 0 fully saturated rings. The fourth-order valence-electron chi connectivity index (χ4n) is 3.10. The average molecular weight is 583 g/mol. The second-order valence-electron chi connectivity index (χ2n) is 8.17. The molecule has 11 heteroatoms. The molecule has 0 spiro atoms. The number of hydrazine groups is 1. The Morgan fingerprint density at radius 1 is 0.658 bits per heavy atom. The van der Waals surface area contributed by atoms with Crippen LogP contribution in [0.25, 0.3) is 0 Å². The van der Waals surface area contributed by atoms with Crippen molar-refractivity contribution in [2.45, 2.75) is 26.1 Å². The number of rotatable bonds is 8. The summed E-state index contributed by atoms with van der Waals surface area (Å²) in [6, 6.07) is 18.3. The zero-order chi connectivity index (χ0) is 27.8. The molecular weight excluding hydrogens is 560 g/mol. The van der Waals surface area contributed by atoms with E-state index < -0.39 is 41.9 Å². The van der Waals surface area contributed by atoms with Gasteiger partial charge >= 0.3 is 17.9 Å². The van der Waals surface area contributed by atoms with Gasteiger partial charge in [0.15, 0.2) is 0 Å². The number of benzene rings is 3. The first kappa shape index (κ1) is 28.1. The topological polar surface area (TPSA) is 148 Å². The van der Waals surface area contributed by atoms with E-state index in [4.69, 9.17) is 9.47 Å². The Bertz CT molecular complexity index is 1340. The molecule has 2 atom stereocenters. The van der Waals surface area contributed by atoms with E-state index in [9.17, 15) is 29.1 Å². The van der Waals surface area contributed by atoms with Crippen molar-refractivity contribution in [1.82, 2.24) is 10.9 Å². The van der Waals surface area contributed by atoms with Crippen LogP contribution in [-0.2, 0) is 19.1 Å². The number of ether oxygens (including phenoxy) is 2. The summed E-state index contributed by atoms with van der Waals surface area (Å²) in [6.07, 6.45) is -4.39. The molecular formula is C27H23BrN2O8. The van der Waals surface area contributed by atoms with Crippen LogP contribution in [0.5, 0.6) is 0 Å². The van der Waals surface area contributed by atoms with E-state index in [1.165, 1.54) is 36.4 Å². The summed E-state index contributed by atoms with van der Waals surface area (Å²) in [5, 5.41) is 9.79. The minimum Gasteiger partial charge on any atom is -0.478 e. The van der Waals surface area contributed by atoms with Gasteiger partial charge in [-0.25, -0.2) is 14.4 Å². The lowest BCUT2D eigenvalue weighted by Crippen LogP contribution is -2.54. The van der Waals surface area contributed by atoms with Gasteiger partial charge in [-0.3, -0.25) is 20.4 Å². The number of aryl methyl sites for hydroxylation is 2. The van der Waals surface area contributed by atoms with Crippen LogP contribution in [-0.4, -0.2) is 47.0 Å². The summed E-state index contributed by atoms with van der Waals surface area (Å²) >= 11 is 3.24. The quantitative estimate of drug-likeness (QED) is 0.270. The maximum absolute atomic E-state index is 13.0. The molecule has 0 radical (unpaired) electrons. The SMILES string of the molecule is Cc1ccc(C(=O)O[C@H](C(=O)NNC(=O)c2ccc(Br)cc2)[C@@H](OC(=O)c2ccc(C)cc2)C(=O)O)cc1. The van der Waals surface area contributed by atoms with Crippen LogP contribution in [0.2, 0.25) is 0 Å². The van der Waals surface area contributed by atoms with Gasteiger partial charge in [-0.05, 0) is 62.4 Å². The molecule has 3 aromatic rings. The van der Waals surface area contributed by atoms with Gasteiger partial charge in [0.1, 0.15) is 0 Å². The van der Waals surface area contributed by atoms with E-state index in [2.05, 4.69) is 21.4 Å². The molecule has 3 rings (SSSR count). The van der Waals surface area contributed by atoms with Gasteiger partial charge in [0.25, 0.3) is 11.8 Å². The molecule has 196 valence electrons. The third-order valence-corrected chi connectivity index (χ3v) is 5.75. The van der Waals surface area contributed by atoms with Gasteiger partial charge in [0.2, 0.25) is 12.2 Å². The smallest absolute Gasteiger partial charge is 0.349 e. The molecule has 0 saturated carbocycles. The van der Waals surface area contributed by atoms with Crippen molar-refractivity contribution in [3.63, 3.8) is 0 Å². The Hall–Kier alpha value is -4.51. The predicted molar refractivity (Wildman–Crippen MR) is 138 cm³/mol. The minimum absolute atomic E-state index is 0.0226. The van der Waals surface area contributed by atoms with Gasteiger partial charge < -0.3 is 14.6 Å². The highest BCUT2D eigenvalue weighted by Gasteiger charge is 2.41. The lowest BCUT2D eigenvalue weighted by Gasteiger charge is -2.23.